The van der Waals surface area contributed by atoms with Crippen LogP contribution in [0.15, 0.2) is 204 Å². The predicted octanol–water partition coefficient (Wildman–Crippen LogP) is 13.0. The SMILES string of the molecule is C=C/C(=C1/Cc2ccccc2C1=NCc1cccc(-c2cccc(C(=C)/C=C3/C4=C(C=CCC4)C/C3=C(/C)c3ccccc3)c2)c1)c1ccccc1. The van der Waals surface area contributed by atoms with E-state index in [2.05, 4.69) is 172 Å². The van der Waals surface area contributed by atoms with Gasteiger partial charge in [-0.2, -0.15) is 0 Å². The van der Waals surface area contributed by atoms with Gasteiger partial charge in [0.25, 0.3) is 0 Å². The van der Waals surface area contributed by atoms with E-state index in [1.54, 1.807) is 0 Å². The summed E-state index contributed by atoms with van der Waals surface area (Å²) in [6.07, 6.45) is 13.0. The smallest absolute Gasteiger partial charge is 0.0695 e. The third kappa shape index (κ3) is 6.59. The van der Waals surface area contributed by atoms with Crippen molar-refractivity contribution in [3.8, 4) is 11.1 Å². The van der Waals surface area contributed by atoms with Gasteiger partial charge in [0.2, 0.25) is 0 Å². The summed E-state index contributed by atoms with van der Waals surface area (Å²) in [5.41, 5.74) is 21.2. The standard InChI is InChI=1S/C51H43N/c1-4-45(39-20-9-6-10-21-39)50-33-44-23-12-14-28-47(44)51(50)52-34-37-17-15-25-41(30-37)42-26-16-24-40(31-42)35(2)29-49-46-27-13-11-22-43(46)32-48(49)36(3)38-18-7-5-8-19-38/h4-12,14-26,28-31H,1-2,13,27,32-34H2,3H3/b48-36+,49-29-,50-45+,52-51?. The minimum absolute atomic E-state index is 0.598. The second-order valence-corrected chi connectivity index (χ2v) is 13.9. The number of nitrogens with zero attached hydrogens (tertiary/aromatic N) is 1. The highest BCUT2D eigenvalue weighted by atomic mass is 14.7. The summed E-state index contributed by atoms with van der Waals surface area (Å²) in [5.74, 6) is 0. The molecule has 0 unspecified atom stereocenters. The Bertz CT molecular complexity index is 2390. The molecule has 0 atom stereocenters. The van der Waals surface area contributed by atoms with Gasteiger partial charge in [-0.25, -0.2) is 0 Å². The number of rotatable bonds is 8. The topological polar surface area (TPSA) is 12.4 Å². The van der Waals surface area contributed by atoms with E-state index in [0.29, 0.717) is 6.54 Å². The molecule has 52 heavy (non-hydrogen) atoms. The maximum absolute atomic E-state index is 5.30. The Morgan fingerprint density at radius 1 is 0.712 bits per heavy atom. The Labute approximate surface area is 308 Å². The predicted molar refractivity (Wildman–Crippen MR) is 222 cm³/mol. The molecule has 0 bridgehead atoms. The Kier molecular flexibility index (Phi) is 9.34. The van der Waals surface area contributed by atoms with Crippen molar-refractivity contribution >= 4 is 22.4 Å². The normalized spacial score (nSPS) is 18.4. The average molecular weight is 670 g/mol. The van der Waals surface area contributed by atoms with Crippen molar-refractivity contribution in [1.82, 2.24) is 0 Å². The van der Waals surface area contributed by atoms with E-state index < -0.39 is 0 Å². The quantitative estimate of drug-likeness (QED) is 0.156. The van der Waals surface area contributed by atoms with Crippen molar-refractivity contribution in [1.29, 1.82) is 0 Å². The van der Waals surface area contributed by atoms with E-state index >= 15 is 0 Å². The van der Waals surface area contributed by atoms with Crippen molar-refractivity contribution in [2.24, 2.45) is 4.99 Å². The van der Waals surface area contributed by atoms with Crippen LogP contribution < -0.4 is 0 Å². The molecular weight excluding hydrogens is 627 g/mol. The molecule has 1 heteroatoms. The van der Waals surface area contributed by atoms with E-state index in [4.69, 9.17) is 4.99 Å². The minimum Gasteiger partial charge on any atom is -0.280 e. The molecule has 8 rings (SSSR count). The van der Waals surface area contributed by atoms with E-state index in [9.17, 15) is 0 Å². The highest BCUT2D eigenvalue weighted by Gasteiger charge is 2.27. The summed E-state index contributed by atoms with van der Waals surface area (Å²) in [6.45, 7) is 11.7. The van der Waals surface area contributed by atoms with E-state index in [1.807, 2.05) is 6.08 Å². The summed E-state index contributed by atoms with van der Waals surface area (Å²) in [4.78, 5) is 5.30. The molecule has 252 valence electrons. The molecule has 0 amide bonds. The highest BCUT2D eigenvalue weighted by molar-refractivity contribution is 6.21. The molecule has 0 heterocycles. The maximum atomic E-state index is 5.30. The van der Waals surface area contributed by atoms with Crippen LogP contribution in [-0.2, 0) is 13.0 Å². The third-order valence-electron chi connectivity index (χ3n) is 10.7. The second-order valence-electron chi connectivity index (χ2n) is 13.9. The van der Waals surface area contributed by atoms with Gasteiger partial charge >= 0.3 is 0 Å². The monoisotopic (exact) mass is 669 g/mol. The second kappa shape index (κ2) is 14.7. The molecule has 0 radical (unpaired) electrons. The van der Waals surface area contributed by atoms with Crippen LogP contribution in [0.5, 0.6) is 0 Å². The van der Waals surface area contributed by atoms with Gasteiger partial charge in [0.1, 0.15) is 0 Å². The van der Waals surface area contributed by atoms with Crippen LogP contribution >= 0.6 is 0 Å². The van der Waals surface area contributed by atoms with Crippen LogP contribution in [-0.4, -0.2) is 5.71 Å². The first-order chi connectivity index (χ1) is 25.6. The molecule has 0 N–H and O–H groups in total. The lowest BCUT2D eigenvalue weighted by Gasteiger charge is -2.14. The van der Waals surface area contributed by atoms with Gasteiger partial charge in [0.05, 0.1) is 12.3 Å². The van der Waals surface area contributed by atoms with Crippen LogP contribution in [0.25, 0.3) is 27.8 Å². The van der Waals surface area contributed by atoms with E-state index in [1.165, 1.54) is 72.4 Å². The van der Waals surface area contributed by atoms with Crippen LogP contribution in [0.2, 0.25) is 0 Å². The average Bonchev–Trinajstić information content (AvgIpc) is 3.76. The fraction of sp³-hybridized carbons (Fsp3) is 0.118. The van der Waals surface area contributed by atoms with Crippen LogP contribution in [0.1, 0.15) is 59.6 Å². The van der Waals surface area contributed by atoms with Gasteiger partial charge in [0.15, 0.2) is 0 Å². The fourth-order valence-electron chi connectivity index (χ4n) is 7.98. The zero-order chi connectivity index (χ0) is 35.4. The van der Waals surface area contributed by atoms with Crippen molar-refractivity contribution in [2.45, 2.75) is 39.2 Å². The molecule has 0 aliphatic heterocycles. The Morgan fingerprint density at radius 2 is 1.40 bits per heavy atom. The van der Waals surface area contributed by atoms with Crippen molar-refractivity contribution < 1.29 is 0 Å². The van der Waals surface area contributed by atoms with Gasteiger partial charge in [0, 0.05) is 12.0 Å². The number of benzene rings is 5. The Hall–Kier alpha value is -6.05. The maximum Gasteiger partial charge on any atom is 0.0695 e. The third-order valence-corrected chi connectivity index (χ3v) is 10.7. The van der Waals surface area contributed by atoms with Gasteiger partial charge in [-0.15, -0.1) is 0 Å². The summed E-state index contributed by atoms with van der Waals surface area (Å²) in [6, 6.07) is 47.6. The summed E-state index contributed by atoms with van der Waals surface area (Å²) in [5, 5.41) is 0. The molecule has 0 aromatic heterocycles. The van der Waals surface area contributed by atoms with Gasteiger partial charge in [-0.1, -0.05) is 153 Å². The first kappa shape index (κ1) is 33.1. The summed E-state index contributed by atoms with van der Waals surface area (Å²) >= 11 is 0. The van der Waals surface area contributed by atoms with Crippen LogP contribution in [0, 0.1) is 0 Å². The first-order valence-corrected chi connectivity index (χ1v) is 18.4. The molecule has 0 saturated heterocycles. The zero-order valence-electron chi connectivity index (χ0n) is 29.9. The highest BCUT2D eigenvalue weighted by Crippen LogP contribution is 2.45. The Morgan fingerprint density at radius 3 is 2.19 bits per heavy atom. The Balaban J connectivity index is 1.10. The molecule has 3 aliphatic carbocycles. The lowest BCUT2D eigenvalue weighted by molar-refractivity contribution is 0.969. The number of hydrogen-bond donors (Lipinski definition) is 0. The molecule has 0 spiro atoms. The van der Waals surface area contributed by atoms with Crippen molar-refractivity contribution in [2.75, 3.05) is 0 Å². The lowest BCUT2D eigenvalue weighted by atomic mass is 9.90. The summed E-state index contributed by atoms with van der Waals surface area (Å²) in [7, 11) is 0. The van der Waals surface area contributed by atoms with Crippen molar-refractivity contribution in [3.63, 3.8) is 0 Å². The van der Waals surface area contributed by atoms with Crippen LogP contribution in [0.3, 0.4) is 0 Å². The molecule has 1 nitrogen and oxygen atoms in total. The molecule has 5 aromatic carbocycles. The lowest BCUT2D eigenvalue weighted by Crippen LogP contribution is -2.02. The molecular formula is C51H43N. The fourth-order valence-corrected chi connectivity index (χ4v) is 7.98. The van der Waals surface area contributed by atoms with Gasteiger partial charge < -0.3 is 0 Å². The van der Waals surface area contributed by atoms with Crippen LogP contribution in [0.4, 0.5) is 0 Å². The molecule has 0 saturated carbocycles. The van der Waals surface area contributed by atoms with Crippen molar-refractivity contribution in [3.05, 3.63) is 232 Å². The van der Waals surface area contributed by atoms with Gasteiger partial charge in [-0.05, 0) is 128 Å². The minimum atomic E-state index is 0.598. The van der Waals surface area contributed by atoms with E-state index in [-0.39, 0.29) is 0 Å². The molecule has 3 aliphatic rings. The largest absolute Gasteiger partial charge is 0.280 e. The first-order valence-electron chi connectivity index (χ1n) is 18.4. The number of fused-ring (bicyclic) bond motifs is 1. The number of hydrogen-bond acceptors (Lipinski definition) is 1. The molecule has 5 aromatic rings. The number of allylic oxidation sites excluding steroid dienone is 12. The molecule has 0 fully saturated rings. The zero-order valence-corrected chi connectivity index (χ0v) is 29.9. The van der Waals surface area contributed by atoms with E-state index in [0.717, 1.165) is 48.1 Å². The summed E-state index contributed by atoms with van der Waals surface area (Å²) < 4.78 is 0. The number of aliphatic imine (C=N–C) groups is 1. The van der Waals surface area contributed by atoms with Gasteiger partial charge in [-0.3, -0.25) is 4.99 Å².